The lowest BCUT2D eigenvalue weighted by atomic mass is 10.0. The quantitative estimate of drug-likeness (QED) is 0.591. The molecule has 0 spiro atoms. The Bertz CT molecular complexity index is 924. The van der Waals surface area contributed by atoms with Crippen molar-refractivity contribution in [3.8, 4) is 5.75 Å². The molecule has 1 heterocycles. The van der Waals surface area contributed by atoms with E-state index in [0.29, 0.717) is 50.7 Å². The first-order chi connectivity index (χ1) is 15.5. The van der Waals surface area contributed by atoms with E-state index in [1.165, 1.54) is 0 Å². The first kappa shape index (κ1) is 23.5. The van der Waals surface area contributed by atoms with Gasteiger partial charge in [0.25, 0.3) is 0 Å². The number of aryl methyl sites for hydroxylation is 1. The van der Waals surface area contributed by atoms with E-state index in [2.05, 4.69) is 27.0 Å². The number of amides is 2. The molecule has 1 aliphatic heterocycles. The fourth-order valence-corrected chi connectivity index (χ4v) is 3.91. The molecule has 1 saturated heterocycles. The summed E-state index contributed by atoms with van der Waals surface area (Å²) in [4.78, 5) is 29.8. The van der Waals surface area contributed by atoms with Crippen LogP contribution < -0.4 is 15.4 Å². The Labute approximate surface area is 190 Å². The normalized spacial score (nSPS) is 15.6. The molecule has 0 aliphatic carbocycles. The Kier molecular flexibility index (Phi) is 8.41. The molecule has 7 heteroatoms. The molecule has 1 unspecified atom stereocenters. The average molecular weight is 437 g/mol. The zero-order valence-corrected chi connectivity index (χ0v) is 18.8. The van der Waals surface area contributed by atoms with Crippen LogP contribution in [0.4, 0.5) is 5.69 Å². The van der Waals surface area contributed by atoms with Gasteiger partial charge in [-0.25, -0.2) is 0 Å². The van der Waals surface area contributed by atoms with Crippen molar-refractivity contribution >= 4 is 17.5 Å². The van der Waals surface area contributed by atoms with E-state index in [-0.39, 0.29) is 11.8 Å². The lowest BCUT2D eigenvalue weighted by Crippen LogP contribution is -2.52. The van der Waals surface area contributed by atoms with Crippen molar-refractivity contribution in [2.45, 2.75) is 13.0 Å². The summed E-state index contributed by atoms with van der Waals surface area (Å²) < 4.78 is 5.43. The smallest absolute Gasteiger partial charge is 0.246 e. The van der Waals surface area contributed by atoms with E-state index in [4.69, 9.17) is 4.74 Å². The van der Waals surface area contributed by atoms with Crippen molar-refractivity contribution in [2.75, 3.05) is 51.7 Å². The maximum absolute atomic E-state index is 13.5. The van der Waals surface area contributed by atoms with Crippen LogP contribution in [-0.2, 0) is 9.59 Å². The highest BCUT2D eigenvalue weighted by Gasteiger charge is 2.31. The van der Waals surface area contributed by atoms with Gasteiger partial charge < -0.3 is 15.4 Å². The van der Waals surface area contributed by atoms with Gasteiger partial charge in [-0.2, -0.15) is 0 Å². The number of nitrogens with zero attached hydrogens (tertiary/aromatic N) is 2. The molecule has 0 aromatic heterocycles. The molecule has 1 atom stereocenters. The third kappa shape index (κ3) is 6.18. The van der Waals surface area contributed by atoms with Crippen LogP contribution in [-0.4, -0.2) is 68.0 Å². The third-order valence-corrected chi connectivity index (χ3v) is 5.56. The highest BCUT2D eigenvalue weighted by atomic mass is 16.5. The predicted molar refractivity (Wildman–Crippen MR) is 127 cm³/mol. The Morgan fingerprint density at radius 3 is 2.50 bits per heavy atom. The summed E-state index contributed by atoms with van der Waals surface area (Å²) in [5.41, 5.74) is 2.64. The molecule has 32 heavy (non-hydrogen) atoms. The fraction of sp³-hybridized carbons (Fsp3) is 0.360. The van der Waals surface area contributed by atoms with Gasteiger partial charge in [-0.1, -0.05) is 42.5 Å². The number of nitrogens with one attached hydrogen (secondary N) is 2. The molecular formula is C25H32N4O3. The number of hydrogen-bond donors (Lipinski definition) is 2. The number of anilines is 1. The number of piperazine rings is 1. The van der Waals surface area contributed by atoms with Gasteiger partial charge in [-0.15, -0.1) is 6.58 Å². The molecule has 1 fully saturated rings. The Hall–Kier alpha value is -3.16. The number of carbonyl (C=O) groups is 2. The molecule has 2 aromatic carbocycles. The molecule has 0 bridgehead atoms. The minimum Gasteiger partial charge on any atom is -0.495 e. The number of hydrogen-bond acceptors (Lipinski definition) is 5. The van der Waals surface area contributed by atoms with Crippen molar-refractivity contribution in [1.82, 2.24) is 15.1 Å². The second kappa shape index (κ2) is 11.5. The van der Waals surface area contributed by atoms with E-state index in [9.17, 15) is 9.59 Å². The summed E-state index contributed by atoms with van der Waals surface area (Å²) in [6.07, 6.45) is 1.67. The lowest BCUT2D eigenvalue weighted by Gasteiger charge is -2.38. The maximum atomic E-state index is 13.5. The topological polar surface area (TPSA) is 73.9 Å². The van der Waals surface area contributed by atoms with Crippen LogP contribution in [0.3, 0.4) is 0 Å². The fourth-order valence-electron chi connectivity index (χ4n) is 3.91. The molecule has 7 nitrogen and oxygen atoms in total. The van der Waals surface area contributed by atoms with Gasteiger partial charge in [0, 0.05) is 32.7 Å². The standard InChI is InChI=1S/C25H32N4O3/c1-4-12-26-23(30)18-28-13-15-29(16-14-28)24(20-8-6-5-7-9-20)25(31)27-21-17-19(2)10-11-22(21)32-3/h4-11,17,24H,1,12-16,18H2,2-3H3,(H,26,30)(H,27,31). The van der Waals surface area contributed by atoms with E-state index in [0.717, 1.165) is 11.1 Å². The zero-order valence-electron chi connectivity index (χ0n) is 18.8. The van der Waals surface area contributed by atoms with Gasteiger partial charge in [0.1, 0.15) is 11.8 Å². The first-order valence-corrected chi connectivity index (χ1v) is 10.9. The number of methoxy groups -OCH3 is 1. The third-order valence-electron chi connectivity index (χ3n) is 5.56. The highest BCUT2D eigenvalue weighted by molar-refractivity contribution is 5.96. The molecule has 1 aliphatic rings. The molecular weight excluding hydrogens is 404 g/mol. The van der Waals surface area contributed by atoms with Crippen LogP contribution in [0.25, 0.3) is 0 Å². The van der Waals surface area contributed by atoms with Crippen molar-refractivity contribution in [3.05, 3.63) is 72.3 Å². The second-order valence-corrected chi connectivity index (χ2v) is 7.91. The van der Waals surface area contributed by atoms with Crippen LogP contribution in [0, 0.1) is 6.92 Å². The second-order valence-electron chi connectivity index (χ2n) is 7.91. The van der Waals surface area contributed by atoms with Gasteiger partial charge in [0.2, 0.25) is 11.8 Å². The highest BCUT2D eigenvalue weighted by Crippen LogP contribution is 2.29. The molecule has 2 aromatic rings. The monoisotopic (exact) mass is 436 g/mol. The summed E-state index contributed by atoms with van der Waals surface area (Å²) in [7, 11) is 1.60. The van der Waals surface area contributed by atoms with Gasteiger partial charge in [0.05, 0.1) is 19.3 Å². The van der Waals surface area contributed by atoms with Crippen LogP contribution in [0.2, 0.25) is 0 Å². The van der Waals surface area contributed by atoms with Crippen molar-refractivity contribution in [1.29, 1.82) is 0 Å². The summed E-state index contributed by atoms with van der Waals surface area (Å²) in [5, 5.41) is 5.88. The summed E-state index contributed by atoms with van der Waals surface area (Å²) in [6, 6.07) is 15.1. The molecule has 0 saturated carbocycles. The van der Waals surface area contributed by atoms with E-state index in [1.807, 2.05) is 55.5 Å². The van der Waals surface area contributed by atoms with Gasteiger partial charge >= 0.3 is 0 Å². The summed E-state index contributed by atoms with van der Waals surface area (Å²) in [5.74, 6) is 0.519. The van der Waals surface area contributed by atoms with E-state index < -0.39 is 6.04 Å². The van der Waals surface area contributed by atoms with Gasteiger partial charge in [-0.05, 0) is 30.2 Å². The van der Waals surface area contributed by atoms with Crippen LogP contribution in [0.5, 0.6) is 5.75 Å². The van der Waals surface area contributed by atoms with E-state index in [1.54, 1.807) is 13.2 Å². The maximum Gasteiger partial charge on any atom is 0.246 e. The SMILES string of the molecule is C=CCNC(=O)CN1CCN(C(C(=O)Nc2cc(C)ccc2OC)c2ccccc2)CC1. The molecule has 3 rings (SSSR count). The van der Waals surface area contributed by atoms with Crippen molar-refractivity contribution in [3.63, 3.8) is 0 Å². The molecule has 0 radical (unpaired) electrons. The summed E-state index contributed by atoms with van der Waals surface area (Å²) in [6.45, 7) is 9.22. The van der Waals surface area contributed by atoms with Crippen LogP contribution in [0.15, 0.2) is 61.2 Å². The van der Waals surface area contributed by atoms with Crippen LogP contribution >= 0.6 is 0 Å². The summed E-state index contributed by atoms with van der Waals surface area (Å²) >= 11 is 0. The van der Waals surface area contributed by atoms with Crippen molar-refractivity contribution < 1.29 is 14.3 Å². The number of benzene rings is 2. The number of rotatable bonds is 9. The minimum absolute atomic E-state index is 0.0118. The predicted octanol–water partition coefficient (Wildman–Crippen LogP) is 2.60. The lowest BCUT2D eigenvalue weighted by molar-refractivity contribution is -0.125. The average Bonchev–Trinajstić information content (AvgIpc) is 2.80. The molecule has 170 valence electrons. The van der Waals surface area contributed by atoms with Crippen molar-refractivity contribution in [2.24, 2.45) is 0 Å². The van der Waals surface area contributed by atoms with Crippen LogP contribution in [0.1, 0.15) is 17.2 Å². The number of carbonyl (C=O) groups excluding carboxylic acids is 2. The van der Waals surface area contributed by atoms with E-state index >= 15 is 0 Å². The minimum atomic E-state index is -0.432. The largest absolute Gasteiger partial charge is 0.495 e. The molecule has 2 amide bonds. The Morgan fingerprint density at radius 2 is 1.84 bits per heavy atom. The van der Waals surface area contributed by atoms with Gasteiger partial charge in [0.15, 0.2) is 0 Å². The number of ether oxygens (including phenoxy) is 1. The molecule has 2 N–H and O–H groups in total. The Balaban J connectivity index is 1.72. The zero-order chi connectivity index (χ0) is 22.9. The van der Waals surface area contributed by atoms with Gasteiger partial charge in [-0.3, -0.25) is 19.4 Å². The first-order valence-electron chi connectivity index (χ1n) is 10.9. The Morgan fingerprint density at radius 1 is 1.12 bits per heavy atom.